The summed E-state index contributed by atoms with van der Waals surface area (Å²) in [6.45, 7) is 0. The van der Waals surface area contributed by atoms with E-state index in [0.717, 1.165) is 0 Å². The van der Waals surface area contributed by atoms with Crippen LogP contribution in [0.5, 0.6) is 5.75 Å². The third-order valence-corrected chi connectivity index (χ3v) is 3.91. The van der Waals surface area contributed by atoms with E-state index in [2.05, 4.69) is 10.3 Å². The smallest absolute Gasteiger partial charge is 0.339 e. The molecule has 2 aromatic carbocycles. The molecular weight excluding hydrogens is 336 g/mol. The fourth-order valence-electron chi connectivity index (χ4n) is 2.56. The maximum Gasteiger partial charge on any atom is 0.339 e. The zero-order valence-corrected chi connectivity index (χ0v) is 14.2. The highest BCUT2D eigenvalue weighted by atomic mass is 16.5. The normalized spacial score (nSPS) is 10.4. The largest absolute Gasteiger partial charge is 0.497 e. The Kier molecular flexibility index (Phi) is 4.70. The van der Waals surface area contributed by atoms with Crippen molar-refractivity contribution in [3.63, 3.8) is 0 Å². The third-order valence-electron chi connectivity index (χ3n) is 3.91. The van der Waals surface area contributed by atoms with Gasteiger partial charge in [0.05, 0.1) is 25.5 Å². The molecule has 0 aliphatic rings. The number of para-hydroxylation sites is 1. The second kappa shape index (κ2) is 7.10. The summed E-state index contributed by atoms with van der Waals surface area (Å²) < 4.78 is 9.82. The first-order valence-electron chi connectivity index (χ1n) is 7.73. The van der Waals surface area contributed by atoms with Crippen molar-refractivity contribution in [3.05, 3.63) is 70.0 Å². The highest BCUT2D eigenvalue weighted by Crippen LogP contribution is 2.19. The molecule has 2 N–H and O–H groups in total. The van der Waals surface area contributed by atoms with Gasteiger partial charge in [0, 0.05) is 17.1 Å². The molecule has 0 aliphatic carbocycles. The SMILES string of the molecule is COC(=O)c1ccccc1NC(=O)c1c[nH]c2ccc(OC)cc2c1=O. The number of amides is 1. The minimum Gasteiger partial charge on any atom is -0.497 e. The summed E-state index contributed by atoms with van der Waals surface area (Å²) in [6.07, 6.45) is 1.34. The number of carbonyl (C=O) groups is 2. The van der Waals surface area contributed by atoms with Crippen molar-refractivity contribution in [3.8, 4) is 5.75 Å². The minimum atomic E-state index is -0.632. The molecule has 1 heterocycles. The summed E-state index contributed by atoms with van der Waals surface area (Å²) in [6, 6.07) is 11.4. The second-order valence-corrected chi connectivity index (χ2v) is 5.43. The Morgan fingerprint density at radius 2 is 1.81 bits per heavy atom. The van der Waals surface area contributed by atoms with Crippen LogP contribution in [0.4, 0.5) is 5.69 Å². The number of methoxy groups -OCH3 is 2. The molecule has 7 nitrogen and oxygen atoms in total. The van der Waals surface area contributed by atoms with E-state index in [0.29, 0.717) is 16.7 Å². The first-order chi connectivity index (χ1) is 12.5. The number of esters is 1. The van der Waals surface area contributed by atoms with Crippen molar-refractivity contribution in [1.82, 2.24) is 4.98 Å². The Morgan fingerprint density at radius 3 is 2.54 bits per heavy atom. The van der Waals surface area contributed by atoms with Crippen LogP contribution in [0, 0.1) is 0 Å². The molecule has 0 bridgehead atoms. The van der Waals surface area contributed by atoms with Gasteiger partial charge in [0.15, 0.2) is 0 Å². The third kappa shape index (κ3) is 3.14. The molecule has 0 fully saturated rings. The number of H-pyrrole nitrogens is 1. The zero-order valence-electron chi connectivity index (χ0n) is 14.2. The number of carbonyl (C=O) groups excluding carboxylic acids is 2. The lowest BCUT2D eigenvalue weighted by Gasteiger charge is -2.10. The van der Waals surface area contributed by atoms with Crippen LogP contribution in [0.25, 0.3) is 10.9 Å². The van der Waals surface area contributed by atoms with E-state index in [1.807, 2.05) is 0 Å². The van der Waals surface area contributed by atoms with Gasteiger partial charge in [0.25, 0.3) is 5.91 Å². The molecule has 0 saturated carbocycles. The maximum absolute atomic E-state index is 12.7. The van der Waals surface area contributed by atoms with Gasteiger partial charge in [-0.1, -0.05) is 12.1 Å². The van der Waals surface area contributed by atoms with E-state index in [1.54, 1.807) is 36.4 Å². The number of fused-ring (bicyclic) bond motifs is 1. The van der Waals surface area contributed by atoms with Crippen molar-refractivity contribution in [1.29, 1.82) is 0 Å². The molecule has 7 heteroatoms. The Hall–Kier alpha value is -3.61. The van der Waals surface area contributed by atoms with Crippen LogP contribution in [0.2, 0.25) is 0 Å². The van der Waals surface area contributed by atoms with E-state index >= 15 is 0 Å². The van der Waals surface area contributed by atoms with Gasteiger partial charge < -0.3 is 19.8 Å². The topological polar surface area (TPSA) is 97.5 Å². The van der Waals surface area contributed by atoms with E-state index in [1.165, 1.54) is 26.5 Å². The molecule has 0 unspecified atom stereocenters. The van der Waals surface area contributed by atoms with Crippen LogP contribution in [-0.2, 0) is 4.74 Å². The molecule has 0 saturated heterocycles. The zero-order chi connectivity index (χ0) is 18.7. The van der Waals surface area contributed by atoms with Gasteiger partial charge in [-0.05, 0) is 30.3 Å². The Bertz CT molecular complexity index is 1060. The number of nitrogens with one attached hydrogen (secondary N) is 2. The summed E-state index contributed by atoms with van der Waals surface area (Å²) in [5.41, 5.74) is 0.523. The number of anilines is 1. The molecule has 0 spiro atoms. The van der Waals surface area contributed by atoms with Crippen LogP contribution in [0.1, 0.15) is 20.7 Å². The van der Waals surface area contributed by atoms with Gasteiger partial charge >= 0.3 is 5.97 Å². The Labute approximate surface area is 148 Å². The number of ether oxygens (including phenoxy) is 2. The molecule has 1 amide bonds. The minimum absolute atomic E-state index is 0.0783. The van der Waals surface area contributed by atoms with Crippen LogP contribution < -0.4 is 15.5 Å². The number of rotatable bonds is 4. The van der Waals surface area contributed by atoms with Gasteiger partial charge in [-0.3, -0.25) is 9.59 Å². The van der Waals surface area contributed by atoms with E-state index in [-0.39, 0.29) is 16.8 Å². The predicted molar refractivity (Wildman–Crippen MR) is 96.9 cm³/mol. The molecule has 0 radical (unpaired) electrons. The summed E-state index contributed by atoms with van der Waals surface area (Å²) >= 11 is 0. The number of aromatic amines is 1. The van der Waals surface area contributed by atoms with Crippen LogP contribution in [0.15, 0.2) is 53.5 Å². The first kappa shape index (κ1) is 17.2. The lowest BCUT2D eigenvalue weighted by molar-refractivity contribution is 0.0602. The van der Waals surface area contributed by atoms with Crippen LogP contribution in [0.3, 0.4) is 0 Å². The molecular formula is C19H16N2O5. The van der Waals surface area contributed by atoms with Gasteiger partial charge in [-0.25, -0.2) is 4.79 Å². The molecule has 3 rings (SSSR count). The predicted octanol–water partition coefficient (Wildman–Crippen LogP) is 2.58. The molecule has 0 aliphatic heterocycles. The summed E-state index contributed by atoms with van der Waals surface area (Å²) in [5, 5.41) is 2.92. The lowest BCUT2D eigenvalue weighted by Crippen LogP contribution is -2.23. The summed E-state index contributed by atoms with van der Waals surface area (Å²) in [7, 11) is 2.75. The van der Waals surface area contributed by atoms with Gasteiger partial charge in [-0.2, -0.15) is 0 Å². The monoisotopic (exact) mass is 352 g/mol. The number of pyridine rings is 1. The second-order valence-electron chi connectivity index (χ2n) is 5.43. The standard InChI is InChI=1S/C19H16N2O5/c1-25-11-7-8-15-13(9-11)17(22)14(10-20-15)18(23)21-16-6-4-3-5-12(16)19(24)26-2/h3-10H,1-2H3,(H,20,22)(H,21,23). The molecule has 0 atom stereocenters. The average Bonchev–Trinajstić information content (AvgIpc) is 2.67. The van der Waals surface area contributed by atoms with Gasteiger partial charge in [0.2, 0.25) is 5.43 Å². The number of hydrogen-bond donors (Lipinski definition) is 2. The summed E-state index contributed by atoms with van der Waals surface area (Å²) in [4.78, 5) is 40.0. The average molecular weight is 352 g/mol. The van der Waals surface area contributed by atoms with Crippen molar-refractivity contribution in [2.24, 2.45) is 0 Å². The highest BCUT2D eigenvalue weighted by Gasteiger charge is 2.17. The van der Waals surface area contributed by atoms with Crippen LogP contribution >= 0.6 is 0 Å². The van der Waals surface area contributed by atoms with E-state index < -0.39 is 17.3 Å². The Balaban J connectivity index is 2.00. The fourth-order valence-corrected chi connectivity index (χ4v) is 2.56. The maximum atomic E-state index is 12.7. The quantitative estimate of drug-likeness (QED) is 0.704. The number of aromatic nitrogens is 1. The van der Waals surface area contributed by atoms with Gasteiger partial charge in [0.1, 0.15) is 11.3 Å². The summed E-state index contributed by atoms with van der Waals surface area (Å²) in [5.74, 6) is -0.707. The van der Waals surface area contributed by atoms with Gasteiger partial charge in [-0.15, -0.1) is 0 Å². The van der Waals surface area contributed by atoms with E-state index in [9.17, 15) is 14.4 Å². The van der Waals surface area contributed by atoms with Crippen LogP contribution in [-0.4, -0.2) is 31.1 Å². The van der Waals surface area contributed by atoms with Crippen molar-refractivity contribution >= 4 is 28.5 Å². The molecule has 3 aromatic rings. The number of benzene rings is 2. The van der Waals surface area contributed by atoms with Crippen molar-refractivity contribution in [2.75, 3.05) is 19.5 Å². The lowest BCUT2D eigenvalue weighted by atomic mass is 10.1. The molecule has 1 aromatic heterocycles. The van der Waals surface area contributed by atoms with Crippen molar-refractivity contribution in [2.45, 2.75) is 0 Å². The highest BCUT2D eigenvalue weighted by molar-refractivity contribution is 6.08. The molecule has 26 heavy (non-hydrogen) atoms. The fraction of sp³-hybridized carbons (Fsp3) is 0.105. The van der Waals surface area contributed by atoms with E-state index in [4.69, 9.17) is 9.47 Å². The molecule has 132 valence electrons. The van der Waals surface area contributed by atoms with Crippen molar-refractivity contribution < 1.29 is 19.1 Å². The Morgan fingerprint density at radius 1 is 1.04 bits per heavy atom. The first-order valence-corrected chi connectivity index (χ1v) is 7.73. The number of hydrogen-bond acceptors (Lipinski definition) is 5.